The Kier molecular flexibility index (Phi) is 5.52. The number of nitrogens with zero attached hydrogens (tertiary/aromatic N) is 4. The molecule has 1 amide bonds. The number of rotatable bonds is 6. The third-order valence-corrected chi connectivity index (χ3v) is 5.68. The second-order valence-electron chi connectivity index (χ2n) is 6.19. The molecular formula is C16H21N5O3S2. The first-order valence-corrected chi connectivity index (χ1v) is 11.1. The molecule has 0 unspecified atom stereocenters. The number of aromatic nitrogens is 3. The maximum Gasteiger partial charge on any atom is 0.233 e. The van der Waals surface area contributed by atoms with Crippen molar-refractivity contribution in [3.63, 3.8) is 0 Å². The lowest BCUT2D eigenvalue weighted by Crippen LogP contribution is -2.29. The molecular weight excluding hydrogens is 374 g/mol. The second-order valence-corrected chi connectivity index (χ2v) is 8.88. The predicted molar refractivity (Wildman–Crippen MR) is 101 cm³/mol. The van der Waals surface area contributed by atoms with Crippen LogP contribution in [0.3, 0.4) is 0 Å². The first-order chi connectivity index (χ1) is 12.3. The van der Waals surface area contributed by atoms with Gasteiger partial charge in [-0.2, -0.15) is 0 Å². The molecule has 1 saturated heterocycles. The third kappa shape index (κ3) is 4.55. The topological polar surface area (TPSA) is 97.2 Å². The van der Waals surface area contributed by atoms with Crippen LogP contribution < -0.4 is 4.72 Å². The van der Waals surface area contributed by atoms with Gasteiger partial charge in [0.1, 0.15) is 0 Å². The lowest BCUT2D eigenvalue weighted by molar-refractivity contribution is -0.127. The van der Waals surface area contributed by atoms with Gasteiger partial charge >= 0.3 is 0 Å². The van der Waals surface area contributed by atoms with Crippen molar-refractivity contribution in [1.29, 1.82) is 0 Å². The number of thioether (sulfide) groups is 1. The number of amides is 1. The van der Waals surface area contributed by atoms with Crippen LogP contribution in [0.4, 0.5) is 5.69 Å². The average molecular weight is 396 g/mol. The van der Waals surface area contributed by atoms with Gasteiger partial charge in [0.25, 0.3) is 0 Å². The molecule has 2 aromatic rings. The van der Waals surface area contributed by atoms with E-state index in [1.807, 2.05) is 16.5 Å². The fourth-order valence-corrected chi connectivity index (χ4v) is 4.16. The minimum atomic E-state index is -3.30. The molecule has 1 N–H and O–H groups in total. The minimum absolute atomic E-state index is 0.133. The highest BCUT2D eigenvalue weighted by atomic mass is 32.2. The number of hydrogen-bond acceptors (Lipinski definition) is 6. The summed E-state index contributed by atoms with van der Waals surface area (Å²) >= 11 is 1.38. The number of benzene rings is 1. The second kappa shape index (κ2) is 7.67. The lowest BCUT2D eigenvalue weighted by Gasteiger charge is -2.14. The summed E-state index contributed by atoms with van der Waals surface area (Å²) in [7, 11) is -1.46. The van der Waals surface area contributed by atoms with E-state index >= 15 is 0 Å². The zero-order valence-electron chi connectivity index (χ0n) is 14.7. The van der Waals surface area contributed by atoms with Gasteiger partial charge in [-0.3, -0.25) is 9.52 Å². The van der Waals surface area contributed by atoms with E-state index in [-0.39, 0.29) is 5.91 Å². The van der Waals surface area contributed by atoms with Crippen molar-refractivity contribution >= 4 is 33.4 Å². The van der Waals surface area contributed by atoms with Crippen molar-refractivity contribution < 1.29 is 13.2 Å². The van der Waals surface area contributed by atoms with Gasteiger partial charge in [0.2, 0.25) is 15.9 Å². The van der Waals surface area contributed by atoms with Crippen LogP contribution in [-0.4, -0.2) is 59.1 Å². The Morgan fingerprint density at radius 2 is 1.85 bits per heavy atom. The molecule has 0 saturated carbocycles. The van der Waals surface area contributed by atoms with Crippen molar-refractivity contribution in [3.8, 4) is 11.4 Å². The van der Waals surface area contributed by atoms with Gasteiger partial charge in [-0.25, -0.2) is 8.42 Å². The van der Waals surface area contributed by atoms with Crippen LogP contribution >= 0.6 is 11.8 Å². The SMILES string of the molecule is Cn1c(SCC(=O)N2CCCC2)nnc1-c1ccc(NS(C)(=O)=O)cc1. The fraction of sp³-hybridized carbons (Fsp3) is 0.438. The minimum Gasteiger partial charge on any atom is -0.342 e. The maximum absolute atomic E-state index is 12.1. The largest absolute Gasteiger partial charge is 0.342 e. The van der Waals surface area contributed by atoms with Crippen LogP contribution in [0.25, 0.3) is 11.4 Å². The molecule has 8 nitrogen and oxygen atoms in total. The monoisotopic (exact) mass is 395 g/mol. The van der Waals surface area contributed by atoms with Crippen molar-refractivity contribution in [2.24, 2.45) is 7.05 Å². The summed E-state index contributed by atoms with van der Waals surface area (Å²) in [4.78, 5) is 14.0. The molecule has 140 valence electrons. The standard InChI is InChI=1S/C16H21N5O3S2/c1-20-15(12-5-7-13(8-6-12)19-26(2,23)24)17-18-16(20)25-11-14(22)21-9-3-4-10-21/h5-8,19H,3-4,9-11H2,1-2H3. The molecule has 3 rings (SSSR count). The van der Waals surface area contributed by atoms with Crippen LogP contribution in [0.2, 0.25) is 0 Å². The van der Waals surface area contributed by atoms with Gasteiger partial charge in [0.15, 0.2) is 11.0 Å². The summed E-state index contributed by atoms with van der Waals surface area (Å²) in [6.07, 6.45) is 3.26. The highest BCUT2D eigenvalue weighted by Crippen LogP contribution is 2.24. The van der Waals surface area contributed by atoms with Crippen molar-refractivity contribution in [2.45, 2.75) is 18.0 Å². The Bertz CT molecular complexity index is 887. The van der Waals surface area contributed by atoms with Crippen LogP contribution in [0.5, 0.6) is 0 Å². The van der Waals surface area contributed by atoms with Gasteiger partial charge in [-0.15, -0.1) is 10.2 Å². The molecule has 1 fully saturated rings. The Morgan fingerprint density at radius 1 is 1.19 bits per heavy atom. The van der Waals surface area contributed by atoms with E-state index in [4.69, 9.17) is 0 Å². The number of carbonyl (C=O) groups excluding carboxylic acids is 1. The van der Waals surface area contributed by atoms with E-state index in [9.17, 15) is 13.2 Å². The van der Waals surface area contributed by atoms with Crippen LogP contribution in [0.1, 0.15) is 12.8 Å². The highest BCUT2D eigenvalue weighted by Gasteiger charge is 2.19. The molecule has 0 radical (unpaired) electrons. The number of anilines is 1. The molecule has 0 aliphatic carbocycles. The molecule has 1 aromatic carbocycles. The summed E-state index contributed by atoms with van der Waals surface area (Å²) in [5, 5.41) is 9.03. The van der Waals surface area contributed by atoms with Gasteiger partial charge in [-0.05, 0) is 37.1 Å². The number of carbonyl (C=O) groups is 1. The lowest BCUT2D eigenvalue weighted by atomic mass is 10.2. The highest BCUT2D eigenvalue weighted by molar-refractivity contribution is 7.99. The Labute approximate surface area is 157 Å². The Balaban J connectivity index is 1.67. The average Bonchev–Trinajstić information content (AvgIpc) is 3.22. The molecule has 0 spiro atoms. The van der Waals surface area contributed by atoms with Gasteiger partial charge in [0.05, 0.1) is 12.0 Å². The van der Waals surface area contributed by atoms with Crippen LogP contribution in [-0.2, 0) is 21.9 Å². The van der Waals surface area contributed by atoms with E-state index in [0.29, 0.717) is 22.4 Å². The predicted octanol–water partition coefficient (Wildman–Crippen LogP) is 1.57. The Hall–Kier alpha value is -2.07. The van der Waals surface area contributed by atoms with E-state index in [1.54, 1.807) is 24.3 Å². The number of hydrogen-bond donors (Lipinski definition) is 1. The number of sulfonamides is 1. The zero-order chi connectivity index (χ0) is 18.7. The van der Waals surface area contributed by atoms with Crippen LogP contribution in [0.15, 0.2) is 29.4 Å². The van der Waals surface area contributed by atoms with Crippen molar-refractivity contribution in [1.82, 2.24) is 19.7 Å². The summed E-state index contributed by atoms with van der Waals surface area (Å²) in [5.41, 5.74) is 1.31. The first kappa shape index (κ1) is 18.7. The normalized spacial score (nSPS) is 14.6. The number of nitrogens with one attached hydrogen (secondary N) is 1. The number of likely N-dealkylation sites (tertiary alicyclic amines) is 1. The van der Waals surface area contributed by atoms with Gasteiger partial charge < -0.3 is 9.47 Å². The summed E-state index contributed by atoms with van der Waals surface area (Å²) in [6.45, 7) is 1.69. The molecule has 26 heavy (non-hydrogen) atoms. The van der Waals surface area contributed by atoms with Crippen molar-refractivity contribution in [2.75, 3.05) is 29.8 Å². The van der Waals surface area contributed by atoms with Gasteiger partial charge in [0, 0.05) is 31.4 Å². The quantitative estimate of drug-likeness (QED) is 0.746. The smallest absolute Gasteiger partial charge is 0.233 e. The Morgan fingerprint density at radius 3 is 2.46 bits per heavy atom. The molecule has 10 heteroatoms. The molecule has 1 aromatic heterocycles. The van der Waals surface area contributed by atoms with E-state index in [1.165, 1.54) is 11.8 Å². The molecule has 2 heterocycles. The van der Waals surface area contributed by atoms with Gasteiger partial charge in [-0.1, -0.05) is 11.8 Å². The summed E-state index contributed by atoms with van der Waals surface area (Å²) in [5.74, 6) is 1.14. The molecule has 0 atom stereocenters. The molecule has 1 aliphatic heterocycles. The summed E-state index contributed by atoms with van der Waals surface area (Å²) in [6, 6.07) is 6.91. The first-order valence-electron chi connectivity index (χ1n) is 8.22. The molecule has 0 bridgehead atoms. The van der Waals surface area contributed by atoms with E-state index in [2.05, 4.69) is 14.9 Å². The molecule has 1 aliphatic rings. The summed E-state index contributed by atoms with van der Waals surface area (Å²) < 4.78 is 26.8. The third-order valence-electron chi connectivity index (χ3n) is 4.06. The van der Waals surface area contributed by atoms with Crippen molar-refractivity contribution in [3.05, 3.63) is 24.3 Å². The fourth-order valence-electron chi connectivity index (χ4n) is 2.78. The van der Waals surface area contributed by atoms with E-state index < -0.39 is 10.0 Å². The van der Waals surface area contributed by atoms with E-state index in [0.717, 1.165) is 37.8 Å². The zero-order valence-corrected chi connectivity index (χ0v) is 16.3. The maximum atomic E-state index is 12.1. The van der Waals surface area contributed by atoms with Crippen LogP contribution in [0, 0.1) is 0 Å².